The molecule has 0 aliphatic carbocycles. The smallest absolute Gasteiger partial charge is 0.418 e. The van der Waals surface area contributed by atoms with Gasteiger partial charge < -0.3 is 13.9 Å². The summed E-state index contributed by atoms with van der Waals surface area (Å²) >= 11 is 0. The van der Waals surface area contributed by atoms with Gasteiger partial charge in [-0.25, -0.2) is 0 Å². The predicted octanol–water partition coefficient (Wildman–Crippen LogP) is 13.2. The molecule has 0 aromatic heterocycles. The fourth-order valence-electron chi connectivity index (χ4n) is 5.94. The largest absolute Gasteiger partial charge is 0.460 e. The lowest BCUT2D eigenvalue weighted by Crippen LogP contribution is -2.02. The van der Waals surface area contributed by atoms with Gasteiger partial charge in [-0.15, -0.1) is 0 Å². The Kier molecular flexibility index (Phi) is 22.5. The molecule has 0 fully saturated rings. The summed E-state index contributed by atoms with van der Waals surface area (Å²) < 4.78 is 12.0. The third-order valence-electron chi connectivity index (χ3n) is 8.66. The minimum Gasteiger partial charge on any atom is -0.418 e. The number of rotatable bonds is 28. The maximum absolute atomic E-state index is 10.8. The molecule has 244 valence electrons. The van der Waals surface area contributed by atoms with Crippen LogP contribution in [0.5, 0.6) is 11.5 Å². The van der Waals surface area contributed by atoms with Crippen LogP contribution in [-0.4, -0.2) is 4.89 Å². The van der Waals surface area contributed by atoms with Crippen molar-refractivity contribution in [1.29, 1.82) is 0 Å². The monoisotopic (exact) mass is 612 g/mol. The average Bonchev–Trinajstić information content (AvgIpc) is 3.01. The van der Waals surface area contributed by atoms with Crippen LogP contribution >= 0.6 is 8.60 Å². The zero-order chi connectivity index (χ0) is 30.8. The number of aryl methyl sites for hydroxylation is 2. The summed E-state index contributed by atoms with van der Waals surface area (Å²) in [4.78, 5) is 10.8. The van der Waals surface area contributed by atoms with Gasteiger partial charge in [0.25, 0.3) is 0 Å². The Morgan fingerprint density at radius 3 is 1.49 bits per heavy atom. The molecule has 0 heterocycles. The third-order valence-corrected chi connectivity index (χ3v) is 9.38. The van der Waals surface area contributed by atoms with E-state index in [1.54, 1.807) is 0 Å². The minimum absolute atomic E-state index is 0.671. The Balaban J connectivity index is 1.88. The van der Waals surface area contributed by atoms with E-state index in [1.165, 1.54) is 152 Å². The minimum atomic E-state index is -2.05. The van der Waals surface area contributed by atoms with Gasteiger partial charge in [0.15, 0.2) is 0 Å². The predicted molar refractivity (Wildman–Crippen MR) is 188 cm³/mol. The summed E-state index contributed by atoms with van der Waals surface area (Å²) in [6.45, 7) is 6.82. The second-order valence-electron chi connectivity index (χ2n) is 12.6. The van der Waals surface area contributed by atoms with Crippen LogP contribution in [-0.2, 0) is 19.3 Å². The molecule has 2 aromatic carbocycles. The topological polar surface area (TPSA) is 38.7 Å². The standard InChI is InChI=1S/C39H65O3P/c1-4-7-10-13-16-19-22-26-35-31-33-37(34-32-35)41-43(40)42-39-30-25-28-36(27-23-20-17-14-11-8-5-2)38(39)29-24-21-18-15-12-9-6-3/h25,28,30-34,40H,4-24,26-27,29H2,1-3H3. The Bertz CT molecular complexity index is 913. The summed E-state index contributed by atoms with van der Waals surface area (Å²) in [7, 11) is -2.05. The number of hydrogen-bond acceptors (Lipinski definition) is 3. The van der Waals surface area contributed by atoms with Gasteiger partial charge in [0.2, 0.25) is 0 Å². The van der Waals surface area contributed by atoms with Crippen molar-refractivity contribution < 1.29 is 13.9 Å². The lowest BCUT2D eigenvalue weighted by Gasteiger charge is -2.18. The van der Waals surface area contributed by atoms with Gasteiger partial charge in [0, 0.05) is 0 Å². The second-order valence-corrected chi connectivity index (χ2v) is 13.4. The first-order chi connectivity index (χ1) is 21.2. The fourth-order valence-corrected chi connectivity index (χ4v) is 6.62. The molecule has 1 unspecified atom stereocenters. The fraction of sp³-hybridized carbons (Fsp3) is 0.692. The lowest BCUT2D eigenvalue weighted by atomic mass is 9.95. The first-order valence-electron chi connectivity index (χ1n) is 18.2. The normalized spacial score (nSPS) is 12.0. The summed E-state index contributed by atoms with van der Waals surface area (Å²) in [5, 5.41) is 0. The van der Waals surface area contributed by atoms with E-state index in [4.69, 9.17) is 9.05 Å². The number of hydrogen-bond donors (Lipinski definition) is 1. The van der Waals surface area contributed by atoms with Crippen LogP contribution in [0, 0.1) is 0 Å². The van der Waals surface area contributed by atoms with Crippen molar-refractivity contribution >= 4 is 8.60 Å². The SMILES string of the molecule is CCCCCCCCCc1ccc(OP(O)Oc2cccc(CCCCCCCCC)c2CCCCCCCCC)cc1. The molecule has 4 heteroatoms. The van der Waals surface area contributed by atoms with E-state index < -0.39 is 8.60 Å². The molecule has 1 N–H and O–H groups in total. The van der Waals surface area contributed by atoms with Gasteiger partial charge in [-0.05, 0) is 73.4 Å². The highest BCUT2D eigenvalue weighted by atomic mass is 31.2. The lowest BCUT2D eigenvalue weighted by molar-refractivity contribution is 0.379. The summed E-state index contributed by atoms with van der Waals surface area (Å²) in [5.74, 6) is 1.47. The molecule has 0 bridgehead atoms. The van der Waals surface area contributed by atoms with E-state index in [0.717, 1.165) is 25.0 Å². The molecule has 43 heavy (non-hydrogen) atoms. The Morgan fingerprint density at radius 1 is 0.488 bits per heavy atom. The number of unbranched alkanes of at least 4 members (excludes halogenated alkanes) is 18. The summed E-state index contributed by atoms with van der Waals surface area (Å²) in [6.07, 6.45) is 30.8. The Morgan fingerprint density at radius 2 is 0.953 bits per heavy atom. The zero-order valence-corrected chi connectivity index (χ0v) is 29.1. The molecule has 2 rings (SSSR count). The van der Waals surface area contributed by atoms with Gasteiger partial charge in [-0.2, -0.15) is 0 Å². The van der Waals surface area contributed by atoms with Crippen molar-refractivity contribution in [3.8, 4) is 11.5 Å². The molecule has 2 aromatic rings. The molecule has 0 saturated carbocycles. The van der Waals surface area contributed by atoms with Crippen LogP contribution in [0.2, 0.25) is 0 Å². The van der Waals surface area contributed by atoms with Gasteiger partial charge in [0.05, 0.1) is 0 Å². The van der Waals surface area contributed by atoms with Crippen LogP contribution in [0.15, 0.2) is 42.5 Å². The van der Waals surface area contributed by atoms with Gasteiger partial charge in [-0.3, -0.25) is 0 Å². The molecular formula is C39H65O3P. The van der Waals surface area contributed by atoms with E-state index in [1.807, 2.05) is 18.2 Å². The van der Waals surface area contributed by atoms with Crippen LogP contribution in [0.1, 0.15) is 172 Å². The molecule has 0 aliphatic rings. The first-order valence-corrected chi connectivity index (χ1v) is 19.4. The van der Waals surface area contributed by atoms with E-state index in [0.29, 0.717) is 5.75 Å². The van der Waals surface area contributed by atoms with Crippen LogP contribution in [0.3, 0.4) is 0 Å². The maximum Gasteiger partial charge on any atom is 0.460 e. The molecule has 1 atom stereocenters. The zero-order valence-electron chi connectivity index (χ0n) is 28.2. The molecule has 0 aliphatic heterocycles. The number of benzene rings is 2. The van der Waals surface area contributed by atoms with E-state index in [2.05, 4.69) is 45.0 Å². The van der Waals surface area contributed by atoms with Crippen molar-refractivity contribution in [3.63, 3.8) is 0 Å². The van der Waals surface area contributed by atoms with Gasteiger partial charge >= 0.3 is 8.60 Å². The maximum atomic E-state index is 10.8. The van der Waals surface area contributed by atoms with Crippen molar-refractivity contribution in [2.24, 2.45) is 0 Å². The summed E-state index contributed by atoms with van der Waals surface area (Å²) in [5.41, 5.74) is 3.99. The van der Waals surface area contributed by atoms with Gasteiger partial charge in [0.1, 0.15) is 11.5 Å². The van der Waals surface area contributed by atoms with Crippen molar-refractivity contribution in [2.75, 3.05) is 0 Å². The van der Waals surface area contributed by atoms with E-state index in [9.17, 15) is 4.89 Å². The Hall–Kier alpha value is -1.57. The van der Waals surface area contributed by atoms with Crippen molar-refractivity contribution in [3.05, 3.63) is 59.2 Å². The molecule has 0 amide bonds. The quantitative estimate of drug-likeness (QED) is 0.0767. The summed E-state index contributed by atoms with van der Waals surface area (Å²) in [6, 6.07) is 14.6. The molecule has 0 radical (unpaired) electrons. The van der Waals surface area contributed by atoms with Crippen molar-refractivity contribution in [1.82, 2.24) is 0 Å². The highest BCUT2D eigenvalue weighted by Crippen LogP contribution is 2.39. The molecule has 0 saturated heterocycles. The average molecular weight is 613 g/mol. The highest BCUT2D eigenvalue weighted by Gasteiger charge is 2.17. The van der Waals surface area contributed by atoms with Crippen LogP contribution < -0.4 is 9.05 Å². The first kappa shape index (κ1) is 37.6. The second kappa shape index (κ2) is 25.7. The van der Waals surface area contributed by atoms with Crippen molar-refractivity contribution in [2.45, 2.75) is 175 Å². The third kappa shape index (κ3) is 18.1. The van der Waals surface area contributed by atoms with Crippen LogP contribution in [0.25, 0.3) is 0 Å². The highest BCUT2D eigenvalue weighted by molar-refractivity contribution is 7.41. The van der Waals surface area contributed by atoms with E-state index in [-0.39, 0.29) is 0 Å². The molecule has 3 nitrogen and oxygen atoms in total. The van der Waals surface area contributed by atoms with Gasteiger partial charge in [-0.1, -0.05) is 161 Å². The molecule has 0 spiro atoms. The van der Waals surface area contributed by atoms with E-state index >= 15 is 0 Å². The Labute approximate surface area is 267 Å². The van der Waals surface area contributed by atoms with Crippen LogP contribution in [0.4, 0.5) is 0 Å². The molecular weight excluding hydrogens is 547 g/mol.